The fourth-order valence-corrected chi connectivity index (χ4v) is 4.57. The van der Waals surface area contributed by atoms with Gasteiger partial charge in [-0.25, -0.2) is 4.39 Å². The molecule has 0 unspecified atom stereocenters. The summed E-state index contributed by atoms with van der Waals surface area (Å²) in [6.07, 6.45) is 4.21. The fourth-order valence-electron chi connectivity index (χ4n) is 4.57. The average Bonchev–Trinajstić information content (AvgIpc) is 3.59. The molecular formula is C26H31FN6O4. The Kier molecular flexibility index (Phi) is 8.32. The maximum Gasteiger partial charge on any atom is 0.251 e. The van der Waals surface area contributed by atoms with E-state index in [1.807, 2.05) is 0 Å². The molecule has 1 N–H and O–H groups in total. The summed E-state index contributed by atoms with van der Waals surface area (Å²) in [6.45, 7) is 1.46. The fraction of sp³-hybridized carbons (Fsp3) is 0.423. The highest BCUT2D eigenvalue weighted by Gasteiger charge is 2.33. The summed E-state index contributed by atoms with van der Waals surface area (Å²) in [5, 5.41) is 15.4. The highest BCUT2D eigenvalue weighted by molar-refractivity contribution is 6.00. The Labute approximate surface area is 214 Å². The van der Waals surface area contributed by atoms with Crippen molar-refractivity contribution in [2.75, 3.05) is 19.1 Å². The van der Waals surface area contributed by atoms with Crippen molar-refractivity contribution < 1.29 is 23.5 Å². The zero-order valence-electron chi connectivity index (χ0n) is 21.2. The predicted octanol–water partition coefficient (Wildman–Crippen LogP) is 3.37. The third-order valence-corrected chi connectivity index (χ3v) is 6.45. The number of ether oxygens (including phenoxy) is 2. The second kappa shape index (κ2) is 11.8. The standard InChI is InChI=1S/C26H31FN6O4/c1-4-20(26(35)28-18-9-5-6-10-18)33(21-12-8-7-11-19(21)27)24(34)16-32-30-25(29-31-32)17-13-14-22(36-2)23(15-17)37-3/h7-8,11-15,18,20H,4-6,9-10,16H2,1-3H3,(H,28,35)/t20-/m1/s1. The van der Waals surface area contributed by atoms with Crippen molar-refractivity contribution in [3.05, 3.63) is 48.3 Å². The lowest BCUT2D eigenvalue weighted by Crippen LogP contribution is -2.52. The number of benzene rings is 2. The maximum atomic E-state index is 14.9. The van der Waals surface area contributed by atoms with Gasteiger partial charge in [-0.05, 0) is 54.8 Å². The van der Waals surface area contributed by atoms with E-state index in [0.717, 1.165) is 30.5 Å². The van der Waals surface area contributed by atoms with E-state index in [9.17, 15) is 14.0 Å². The molecule has 0 saturated heterocycles. The van der Waals surface area contributed by atoms with E-state index in [1.165, 1.54) is 37.3 Å². The number of para-hydroxylation sites is 1. The summed E-state index contributed by atoms with van der Waals surface area (Å²) in [4.78, 5) is 29.1. The Bertz CT molecular complexity index is 1240. The number of carbonyl (C=O) groups is 2. The van der Waals surface area contributed by atoms with Gasteiger partial charge in [-0.15, -0.1) is 10.2 Å². The Hall–Kier alpha value is -4.02. The van der Waals surface area contributed by atoms with Gasteiger partial charge in [0.15, 0.2) is 11.5 Å². The monoisotopic (exact) mass is 510 g/mol. The van der Waals surface area contributed by atoms with Crippen molar-refractivity contribution in [2.24, 2.45) is 0 Å². The van der Waals surface area contributed by atoms with Crippen LogP contribution in [-0.2, 0) is 16.1 Å². The van der Waals surface area contributed by atoms with Crippen LogP contribution in [-0.4, -0.2) is 58.3 Å². The van der Waals surface area contributed by atoms with Crippen molar-refractivity contribution in [1.82, 2.24) is 25.5 Å². The first-order valence-corrected chi connectivity index (χ1v) is 12.3. The van der Waals surface area contributed by atoms with E-state index >= 15 is 0 Å². The van der Waals surface area contributed by atoms with E-state index in [1.54, 1.807) is 31.2 Å². The van der Waals surface area contributed by atoms with E-state index < -0.39 is 17.8 Å². The van der Waals surface area contributed by atoms with Gasteiger partial charge in [0.1, 0.15) is 18.4 Å². The predicted molar refractivity (Wildman–Crippen MR) is 135 cm³/mol. The molecule has 1 aliphatic carbocycles. The number of nitrogens with one attached hydrogen (secondary N) is 1. The first kappa shape index (κ1) is 26.1. The van der Waals surface area contributed by atoms with Crippen molar-refractivity contribution in [1.29, 1.82) is 0 Å². The molecule has 2 aromatic carbocycles. The first-order valence-electron chi connectivity index (χ1n) is 12.3. The summed E-state index contributed by atoms with van der Waals surface area (Å²) >= 11 is 0. The first-order chi connectivity index (χ1) is 17.9. The molecule has 1 fully saturated rings. The Morgan fingerprint density at radius 2 is 1.86 bits per heavy atom. The minimum atomic E-state index is -0.890. The van der Waals surface area contributed by atoms with Crippen molar-refractivity contribution in [2.45, 2.75) is 57.7 Å². The molecule has 1 atom stereocenters. The van der Waals surface area contributed by atoms with Gasteiger partial charge in [0.05, 0.1) is 19.9 Å². The van der Waals surface area contributed by atoms with Gasteiger partial charge in [0.2, 0.25) is 11.7 Å². The molecule has 1 aliphatic rings. The normalized spacial score (nSPS) is 14.3. The Balaban J connectivity index is 1.58. The molecule has 37 heavy (non-hydrogen) atoms. The van der Waals surface area contributed by atoms with Crippen LogP contribution in [0.15, 0.2) is 42.5 Å². The van der Waals surface area contributed by atoms with Crippen LogP contribution in [0.1, 0.15) is 39.0 Å². The molecule has 4 rings (SSSR count). The van der Waals surface area contributed by atoms with Crippen LogP contribution in [0.4, 0.5) is 10.1 Å². The zero-order chi connectivity index (χ0) is 26.4. The number of amides is 2. The second-order valence-corrected chi connectivity index (χ2v) is 8.84. The number of anilines is 1. The molecule has 196 valence electrons. The van der Waals surface area contributed by atoms with Gasteiger partial charge in [0.25, 0.3) is 5.91 Å². The number of hydrogen-bond donors (Lipinski definition) is 1. The number of aromatic nitrogens is 4. The highest BCUT2D eigenvalue weighted by atomic mass is 19.1. The van der Waals surface area contributed by atoms with Crippen molar-refractivity contribution in [3.63, 3.8) is 0 Å². The number of hydrogen-bond acceptors (Lipinski definition) is 7. The topological polar surface area (TPSA) is 111 Å². The van der Waals surface area contributed by atoms with Gasteiger partial charge < -0.3 is 14.8 Å². The molecule has 0 bridgehead atoms. The Morgan fingerprint density at radius 3 is 2.54 bits per heavy atom. The quantitative estimate of drug-likeness (QED) is 0.445. The molecule has 0 radical (unpaired) electrons. The molecular weight excluding hydrogens is 479 g/mol. The van der Waals surface area contributed by atoms with E-state index in [2.05, 4.69) is 20.7 Å². The third kappa shape index (κ3) is 5.87. The van der Waals surface area contributed by atoms with Crippen molar-refractivity contribution in [3.8, 4) is 22.9 Å². The summed E-state index contributed by atoms with van der Waals surface area (Å²) in [5.74, 6) is -0.107. The van der Waals surface area contributed by atoms with E-state index in [-0.39, 0.29) is 30.0 Å². The number of rotatable bonds is 10. The lowest BCUT2D eigenvalue weighted by Gasteiger charge is -2.31. The molecule has 2 amide bonds. The summed E-state index contributed by atoms with van der Waals surface area (Å²) < 4.78 is 25.4. The third-order valence-electron chi connectivity index (χ3n) is 6.45. The lowest BCUT2D eigenvalue weighted by atomic mass is 10.1. The van der Waals surface area contributed by atoms with Gasteiger partial charge in [-0.1, -0.05) is 31.9 Å². The molecule has 0 aliphatic heterocycles. The smallest absolute Gasteiger partial charge is 0.251 e. The summed E-state index contributed by atoms with van der Waals surface area (Å²) in [6, 6.07) is 10.3. The van der Waals surface area contributed by atoms with Crippen LogP contribution in [0.2, 0.25) is 0 Å². The second-order valence-electron chi connectivity index (χ2n) is 8.84. The van der Waals surface area contributed by atoms with Gasteiger partial charge in [0, 0.05) is 11.6 Å². The molecule has 1 heterocycles. The summed E-state index contributed by atoms with van der Waals surface area (Å²) in [7, 11) is 3.06. The van der Waals surface area contributed by atoms with Crippen LogP contribution < -0.4 is 19.7 Å². The van der Waals surface area contributed by atoms with E-state index in [4.69, 9.17) is 9.47 Å². The minimum Gasteiger partial charge on any atom is -0.493 e. The zero-order valence-corrected chi connectivity index (χ0v) is 21.2. The largest absolute Gasteiger partial charge is 0.493 e. The molecule has 1 saturated carbocycles. The van der Waals surface area contributed by atoms with Crippen LogP contribution in [0.25, 0.3) is 11.4 Å². The number of halogens is 1. The number of methoxy groups -OCH3 is 2. The average molecular weight is 511 g/mol. The minimum absolute atomic E-state index is 0.0288. The van der Waals surface area contributed by atoms with Crippen LogP contribution in [0.5, 0.6) is 11.5 Å². The van der Waals surface area contributed by atoms with Gasteiger partial charge in [-0.2, -0.15) is 4.80 Å². The van der Waals surface area contributed by atoms with Crippen LogP contribution in [0, 0.1) is 5.82 Å². The van der Waals surface area contributed by atoms with Gasteiger partial charge >= 0.3 is 0 Å². The number of carbonyl (C=O) groups excluding carboxylic acids is 2. The molecule has 10 nitrogen and oxygen atoms in total. The number of tetrazole rings is 1. The molecule has 11 heteroatoms. The highest BCUT2D eigenvalue weighted by Crippen LogP contribution is 2.31. The molecule has 0 spiro atoms. The van der Waals surface area contributed by atoms with Crippen molar-refractivity contribution >= 4 is 17.5 Å². The SMILES string of the molecule is CC[C@H](C(=O)NC1CCCC1)N(C(=O)Cn1nnc(-c2ccc(OC)c(OC)c2)n1)c1ccccc1F. The molecule has 3 aromatic rings. The maximum absolute atomic E-state index is 14.9. The molecule has 1 aromatic heterocycles. The summed E-state index contributed by atoms with van der Waals surface area (Å²) in [5.41, 5.74) is 0.644. The number of nitrogens with zero attached hydrogens (tertiary/aromatic N) is 5. The van der Waals surface area contributed by atoms with E-state index in [0.29, 0.717) is 23.5 Å². The van der Waals surface area contributed by atoms with Gasteiger partial charge in [-0.3, -0.25) is 14.5 Å². The lowest BCUT2D eigenvalue weighted by molar-refractivity contribution is -0.127. The Morgan fingerprint density at radius 1 is 1.14 bits per heavy atom. The van der Waals surface area contributed by atoms with Crippen LogP contribution >= 0.6 is 0 Å². The van der Waals surface area contributed by atoms with Crippen LogP contribution in [0.3, 0.4) is 0 Å².